The van der Waals surface area contributed by atoms with Crippen LogP contribution in [0.2, 0.25) is 0 Å². The van der Waals surface area contributed by atoms with Crippen molar-refractivity contribution in [2.24, 2.45) is 0 Å². The van der Waals surface area contributed by atoms with E-state index in [0.717, 1.165) is 18.7 Å². The predicted octanol–water partition coefficient (Wildman–Crippen LogP) is 3.38. The Morgan fingerprint density at radius 2 is 1.88 bits per heavy atom. The number of hydrogen-bond donors (Lipinski definition) is 1. The summed E-state index contributed by atoms with van der Waals surface area (Å²) in [5.41, 5.74) is 3.70. The van der Waals surface area contributed by atoms with Crippen molar-refractivity contribution in [2.75, 3.05) is 13.7 Å². The predicted molar refractivity (Wildman–Crippen MR) is 96.4 cm³/mol. The maximum Gasteiger partial charge on any atom is 0.216 e. The summed E-state index contributed by atoms with van der Waals surface area (Å²) in [5, 5.41) is 4.11. The first kappa shape index (κ1) is 16.1. The summed E-state index contributed by atoms with van der Waals surface area (Å²) in [7, 11) is 1.68. The number of nitrogens with one attached hydrogen (secondary N) is 1. The van der Waals surface area contributed by atoms with Gasteiger partial charge in [0, 0.05) is 37.1 Å². The van der Waals surface area contributed by atoms with Gasteiger partial charge in [0.15, 0.2) is 0 Å². The zero-order chi connectivity index (χ0) is 16.9. The molecule has 0 atom stereocenters. The molecule has 0 spiro atoms. The average Bonchev–Trinajstić information content (AvgIpc) is 2.93. The van der Waals surface area contributed by atoms with Crippen molar-refractivity contribution in [3.8, 4) is 5.75 Å². The van der Waals surface area contributed by atoms with E-state index >= 15 is 0 Å². The Bertz CT molecular complexity index is 834. The first-order chi connectivity index (χ1) is 11.7. The summed E-state index contributed by atoms with van der Waals surface area (Å²) in [5.74, 6) is 0.879. The molecule has 3 aromatic rings. The number of aromatic nitrogens is 1. The number of carbonyl (C=O) groups excluding carboxylic acids is 1. The van der Waals surface area contributed by atoms with Gasteiger partial charge in [0.1, 0.15) is 5.75 Å². The summed E-state index contributed by atoms with van der Waals surface area (Å²) in [6.45, 7) is 3.02. The van der Waals surface area contributed by atoms with Crippen LogP contribution in [0.5, 0.6) is 5.75 Å². The van der Waals surface area contributed by atoms with E-state index in [-0.39, 0.29) is 5.91 Å². The second-order valence-electron chi connectivity index (χ2n) is 5.88. The number of amides is 1. The molecular weight excluding hydrogens is 300 g/mol. The van der Waals surface area contributed by atoms with Gasteiger partial charge >= 0.3 is 0 Å². The molecule has 1 N–H and O–H groups in total. The largest absolute Gasteiger partial charge is 0.497 e. The maximum atomic E-state index is 11.1. The van der Waals surface area contributed by atoms with Gasteiger partial charge in [-0.15, -0.1) is 0 Å². The monoisotopic (exact) mass is 322 g/mol. The minimum Gasteiger partial charge on any atom is -0.497 e. The molecule has 0 unspecified atom stereocenters. The summed E-state index contributed by atoms with van der Waals surface area (Å²) in [6.07, 6.45) is 3.02. The zero-order valence-electron chi connectivity index (χ0n) is 14.1. The van der Waals surface area contributed by atoms with E-state index in [1.807, 2.05) is 12.1 Å². The quantitative estimate of drug-likeness (QED) is 0.756. The molecule has 0 aliphatic carbocycles. The molecule has 1 amide bonds. The van der Waals surface area contributed by atoms with Crippen molar-refractivity contribution in [1.29, 1.82) is 0 Å². The van der Waals surface area contributed by atoms with Crippen LogP contribution >= 0.6 is 0 Å². The number of benzene rings is 2. The zero-order valence-corrected chi connectivity index (χ0v) is 14.1. The Hall–Kier alpha value is -2.75. The lowest BCUT2D eigenvalue weighted by Gasteiger charge is -2.06. The molecule has 0 bridgehead atoms. The van der Waals surface area contributed by atoms with Crippen molar-refractivity contribution in [3.05, 3.63) is 65.9 Å². The van der Waals surface area contributed by atoms with Gasteiger partial charge in [-0.25, -0.2) is 0 Å². The lowest BCUT2D eigenvalue weighted by Crippen LogP contribution is -2.22. The minimum atomic E-state index is 0.0111. The van der Waals surface area contributed by atoms with Crippen molar-refractivity contribution in [2.45, 2.75) is 19.9 Å². The Morgan fingerprint density at radius 1 is 1.12 bits per heavy atom. The first-order valence-corrected chi connectivity index (χ1v) is 8.11. The van der Waals surface area contributed by atoms with E-state index in [4.69, 9.17) is 4.74 Å². The molecule has 0 radical (unpaired) electrons. The van der Waals surface area contributed by atoms with Crippen LogP contribution in [0.15, 0.2) is 54.7 Å². The topological polar surface area (TPSA) is 43.3 Å². The number of carbonyl (C=O) groups is 1. The van der Waals surface area contributed by atoms with E-state index in [0.29, 0.717) is 6.54 Å². The molecule has 0 aliphatic rings. The number of hydrogen-bond acceptors (Lipinski definition) is 2. The molecule has 0 fully saturated rings. The highest BCUT2D eigenvalue weighted by Gasteiger charge is 2.08. The van der Waals surface area contributed by atoms with Crippen molar-refractivity contribution in [3.63, 3.8) is 0 Å². The fourth-order valence-corrected chi connectivity index (χ4v) is 2.95. The highest BCUT2D eigenvalue weighted by atomic mass is 16.5. The van der Waals surface area contributed by atoms with Crippen LogP contribution in [-0.2, 0) is 17.8 Å². The molecule has 0 saturated heterocycles. The SMILES string of the molecule is COc1ccc(Cn2cc(CCNC(C)=O)c3ccccc32)cc1. The van der Waals surface area contributed by atoms with Crippen LogP contribution in [0.1, 0.15) is 18.1 Å². The fraction of sp³-hybridized carbons (Fsp3) is 0.250. The van der Waals surface area contributed by atoms with Crippen LogP contribution < -0.4 is 10.1 Å². The molecule has 1 heterocycles. The highest BCUT2D eigenvalue weighted by Crippen LogP contribution is 2.23. The molecule has 0 aliphatic heterocycles. The van der Waals surface area contributed by atoms with E-state index in [1.54, 1.807) is 14.0 Å². The van der Waals surface area contributed by atoms with Gasteiger partial charge in [-0.3, -0.25) is 4.79 Å². The maximum absolute atomic E-state index is 11.1. The molecule has 24 heavy (non-hydrogen) atoms. The summed E-state index contributed by atoms with van der Waals surface area (Å²) >= 11 is 0. The molecule has 4 nitrogen and oxygen atoms in total. The number of methoxy groups -OCH3 is 1. The van der Waals surface area contributed by atoms with E-state index in [2.05, 4.69) is 52.5 Å². The second-order valence-corrected chi connectivity index (χ2v) is 5.88. The van der Waals surface area contributed by atoms with Crippen LogP contribution in [-0.4, -0.2) is 24.1 Å². The molecule has 0 saturated carbocycles. The average molecular weight is 322 g/mol. The lowest BCUT2D eigenvalue weighted by atomic mass is 10.1. The number of para-hydroxylation sites is 1. The second kappa shape index (κ2) is 7.21. The summed E-state index contributed by atoms with van der Waals surface area (Å²) in [4.78, 5) is 11.1. The van der Waals surface area contributed by atoms with Gasteiger partial charge in [0.25, 0.3) is 0 Å². The molecule has 1 aromatic heterocycles. The standard InChI is InChI=1S/C20H22N2O2/c1-15(23)21-12-11-17-14-22(20-6-4-3-5-19(17)20)13-16-7-9-18(24-2)10-8-16/h3-10,14H,11-13H2,1-2H3,(H,21,23). The molecule has 4 heteroatoms. The fourth-order valence-electron chi connectivity index (χ4n) is 2.95. The third-order valence-electron chi connectivity index (χ3n) is 4.15. The van der Waals surface area contributed by atoms with Crippen molar-refractivity contribution in [1.82, 2.24) is 9.88 Å². The highest BCUT2D eigenvalue weighted by molar-refractivity contribution is 5.84. The summed E-state index contributed by atoms with van der Waals surface area (Å²) in [6, 6.07) is 16.5. The van der Waals surface area contributed by atoms with E-state index in [1.165, 1.54) is 22.0 Å². The molecule has 3 rings (SSSR count). The minimum absolute atomic E-state index is 0.0111. The number of rotatable bonds is 6. The third-order valence-corrected chi connectivity index (χ3v) is 4.15. The Kier molecular flexibility index (Phi) is 4.85. The van der Waals surface area contributed by atoms with Gasteiger partial charge < -0.3 is 14.6 Å². The van der Waals surface area contributed by atoms with Gasteiger partial charge in [-0.05, 0) is 35.7 Å². The van der Waals surface area contributed by atoms with Gasteiger partial charge in [0.05, 0.1) is 7.11 Å². The van der Waals surface area contributed by atoms with Gasteiger partial charge in [-0.2, -0.15) is 0 Å². The normalized spacial score (nSPS) is 10.8. The van der Waals surface area contributed by atoms with Crippen molar-refractivity contribution >= 4 is 16.8 Å². The van der Waals surface area contributed by atoms with Gasteiger partial charge in [0.2, 0.25) is 5.91 Å². The number of ether oxygens (including phenoxy) is 1. The van der Waals surface area contributed by atoms with E-state index < -0.39 is 0 Å². The molecular formula is C20H22N2O2. The van der Waals surface area contributed by atoms with Crippen LogP contribution in [0.25, 0.3) is 10.9 Å². The number of nitrogens with zero attached hydrogens (tertiary/aromatic N) is 1. The van der Waals surface area contributed by atoms with E-state index in [9.17, 15) is 4.79 Å². The Morgan fingerprint density at radius 3 is 2.58 bits per heavy atom. The van der Waals surface area contributed by atoms with Crippen LogP contribution in [0.3, 0.4) is 0 Å². The Balaban J connectivity index is 1.85. The molecule has 124 valence electrons. The van der Waals surface area contributed by atoms with Crippen LogP contribution in [0, 0.1) is 0 Å². The van der Waals surface area contributed by atoms with Gasteiger partial charge in [-0.1, -0.05) is 30.3 Å². The number of fused-ring (bicyclic) bond motifs is 1. The molecule has 2 aromatic carbocycles. The first-order valence-electron chi connectivity index (χ1n) is 8.11. The Labute approximate surface area is 142 Å². The van der Waals surface area contributed by atoms with Crippen LogP contribution in [0.4, 0.5) is 0 Å². The smallest absolute Gasteiger partial charge is 0.216 e. The lowest BCUT2D eigenvalue weighted by molar-refractivity contribution is -0.118. The third kappa shape index (κ3) is 3.59. The van der Waals surface area contributed by atoms with Crippen molar-refractivity contribution < 1.29 is 9.53 Å². The summed E-state index contributed by atoms with van der Waals surface area (Å²) < 4.78 is 7.48.